The fourth-order valence-electron chi connectivity index (χ4n) is 2.40. The predicted molar refractivity (Wildman–Crippen MR) is 67.5 cm³/mol. The largest absolute Gasteiger partial charge is 0.508 e. The predicted octanol–water partition coefficient (Wildman–Crippen LogP) is 0.812. The summed E-state index contributed by atoms with van der Waals surface area (Å²) in [5, 5.41) is 22.2. The Morgan fingerprint density at radius 3 is 2.94 bits per heavy atom. The van der Waals surface area contributed by atoms with Crippen molar-refractivity contribution in [3.05, 3.63) is 29.8 Å². The number of phenolic OH excluding ortho intramolecular Hbond substituents is 1. The molecule has 18 heavy (non-hydrogen) atoms. The van der Waals surface area contributed by atoms with Crippen molar-refractivity contribution in [1.82, 2.24) is 10.2 Å². The normalized spacial score (nSPS) is 22.6. The number of rotatable bonds is 3. The summed E-state index contributed by atoms with van der Waals surface area (Å²) >= 11 is 0. The summed E-state index contributed by atoms with van der Waals surface area (Å²) in [5.74, 6) is -0.781. The Bertz CT molecular complexity index is 436. The molecule has 1 aromatic carbocycles. The number of nitrogens with zero attached hydrogens (tertiary/aromatic N) is 1. The monoisotopic (exact) mass is 250 g/mol. The molecule has 1 aromatic rings. The molecule has 3 N–H and O–H groups in total. The topological polar surface area (TPSA) is 72.8 Å². The molecule has 2 atom stereocenters. The number of nitrogens with one attached hydrogen (secondary N) is 1. The molecule has 0 aromatic heterocycles. The van der Waals surface area contributed by atoms with E-state index in [4.69, 9.17) is 0 Å². The Balaban J connectivity index is 2.25. The zero-order valence-electron chi connectivity index (χ0n) is 10.3. The molecule has 1 aliphatic heterocycles. The van der Waals surface area contributed by atoms with Crippen LogP contribution in [0.4, 0.5) is 0 Å². The van der Waals surface area contributed by atoms with Gasteiger partial charge >= 0.3 is 5.97 Å². The second-order valence-corrected chi connectivity index (χ2v) is 4.69. The van der Waals surface area contributed by atoms with Gasteiger partial charge in [-0.25, -0.2) is 0 Å². The average molecular weight is 250 g/mol. The quantitative estimate of drug-likeness (QED) is 0.740. The lowest BCUT2D eigenvalue weighted by atomic mass is 10.0. The van der Waals surface area contributed by atoms with Crippen molar-refractivity contribution in [3.63, 3.8) is 0 Å². The van der Waals surface area contributed by atoms with Crippen LogP contribution in [0.25, 0.3) is 0 Å². The minimum atomic E-state index is -0.880. The summed E-state index contributed by atoms with van der Waals surface area (Å²) < 4.78 is 0. The van der Waals surface area contributed by atoms with Gasteiger partial charge in [-0.1, -0.05) is 12.1 Å². The van der Waals surface area contributed by atoms with Gasteiger partial charge in [0.05, 0.1) is 0 Å². The SMILES string of the molecule is CC1CN(C(C(=O)O)c2cccc(O)c2)CCN1. The van der Waals surface area contributed by atoms with Crippen LogP contribution in [0.15, 0.2) is 24.3 Å². The van der Waals surface area contributed by atoms with Gasteiger partial charge in [0.1, 0.15) is 11.8 Å². The Morgan fingerprint density at radius 1 is 1.56 bits per heavy atom. The summed E-state index contributed by atoms with van der Waals surface area (Å²) in [5.41, 5.74) is 0.622. The lowest BCUT2D eigenvalue weighted by Crippen LogP contribution is -2.51. The Hall–Kier alpha value is -1.59. The minimum Gasteiger partial charge on any atom is -0.508 e. The number of carbonyl (C=O) groups is 1. The molecule has 1 heterocycles. The van der Waals surface area contributed by atoms with E-state index in [2.05, 4.69) is 5.32 Å². The van der Waals surface area contributed by atoms with E-state index < -0.39 is 12.0 Å². The van der Waals surface area contributed by atoms with Gasteiger partial charge in [-0.3, -0.25) is 9.69 Å². The number of carboxylic acids is 1. The maximum Gasteiger partial charge on any atom is 0.325 e. The molecule has 5 heteroatoms. The number of aliphatic carboxylic acids is 1. The first-order valence-electron chi connectivity index (χ1n) is 6.07. The Morgan fingerprint density at radius 2 is 2.33 bits per heavy atom. The molecule has 2 rings (SSSR count). The van der Waals surface area contributed by atoms with Crippen molar-refractivity contribution >= 4 is 5.97 Å². The van der Waals surface area contributed by atoms with Crippen molar-refractivity contribution in [2.45, 2.75) is 19.0 Å². The first-order chi connectivity index (χ1) is 8.58. The number of carboxylic acid groups (broad SMARTS) is 1. The molecule has 98 valence electrons. The molecule has 0 aliphatic carbocycles. The molecule has 0 radical (unpaired) electrons. The van der Waals surface area contributed by atoms with Crippen molar-refractivity contribution in [3.8, 4) is 5.75 Å². The van der Waals surface area contributed by atoms with E-state index in [-0.39, 0.29) is 11.8 Å². The van der Waals surface area contributed by atoms with Gasteiger partial charge in [0, 0.05) is 25.7 Å². The Labute approximate surface area is 106 Å². The van der Waals surface area contributed by atoms with E-state index in [1.165, 1.54) is 6.07 Å². The standard InChI is InChI=1S/C13H18N2O3/c1-9-8-15(6-5-14-9)12(13(17)18)10-3-2-4-11(16)7-10/h2-4,7,9,12,14,16H,5-6,8H2,1H3,(H,17,18). The number of aromatic hydroxyl groups is 1. The third-order valence-electron chi connectivity index (χ3n) is 3.19. The van der Waals surface area contributed by atoms with Crippen LogP contribution in [0.1, 0.15) is 18.5 Å². The van der Waals surface area contributed by atoms with Crippen LogP contribution in [-0.2, 0) is 4.79 Å². The van der Waals surface area contributed by atoms with Crippen LogP contribution in [0.3, 0.4) is 0 Å². The van der Waals surface area contributed by atoms with Crippen LogP contribution in [0.2, 0.25) is 0 Å². The lowest BCUT2D eigenvalue weighted by Gasteiger charge is -2.36. The second kappa shape index (κ2) is 5.37. The summed E-state index contributed by atoms with van der Waals surface area (Å²) in [6, 6.07) is 6.06. The number of phenols is 1. The molecule has 1 aliphatic rings. The number of piperazine rings is 1. The third kappa shape index (κ3) is 2.80. The fourth-order valence-corrected chi connectivity index (χ4v) is 2.40. The van der Waals surface area contributed by atoms with E-state index >= 15 is 0 Å². The molecule has 0 saturated carbocycles. The zero-order valence-corrected chi connectivity index (χ0v) is 10.3. The minimum absolute atomic E-state index is 0.0990. The smallest absolute Gasteiger partial charge is 0.325 e. The summed E-state index contributed by atoms with van der Waals surface area (Å²) in [6.45, 7) is 4.20. The molecule has 1 fully saturated rings. The zero-order chi connectivity index (χ0) is 13.1. The van der Waals surface area contributed by atoms with Crippen molar-refractivity contribution in [2.75, 3.05) is 19.6 Å². The molecule has 0 spiro atoms. The molecule has 1 saturated heterocycles. The van der Waals surface area contributed by atoms with Gasteiger partial charge < -0.3 is 15.5 Å². The van der Waals surface area contributed by atoms with Gasteiger partial charge in [0.2, 0.25) is 0 Å². The highest BCUT2D eigenvalue weighted by atomic mass is 16.4. The van der Waals surface area contributed by atoms with Crippen LogP contribution in [-0.4, -0.2) is 46.8 Å². The molecule has 0 amide bonds. The summed E-state index contributed by atoms with van der Waals surface area (Å²) in [4.78, 5) is 13.4. The van der Waals surface area contributed by atoms with Crippen LogP contribution < -0.4 is 5.32 Å². The fraction of sp³-hybridized carbons (Fsp3) is 0.462. The van der Waals surface area contributed by atoms with Crippen LogP contribution >= 0.6 is 0 Å². The van der Waals surface area contributed by atoms with Gasteiger partial charge in [-0.05, 0) is 24.6 Å². The van der Waals surface area contributed by atoms with E-state index in [9.17, 15) is 15.0 Å². The average Bonchev–Trinajstić information content (AvgIpc) is 2.28. The van der Waals surface area contributed by atoms with Gasteiger partial charge in [0.15, 0.2) is 0 Å². The number of benzene rings is 1. The van der Waals surface area contributed by atoms with Crippen molar-refractivity contribution < 1.29 is 15.0 Å². The summed E-state index contributed by atoms with van der Waals surface area (Å²) in [7, 11) is 0. The second-order valence-electron chi connectivity index (χ2n) is 4.69. The van der Waals surface area contributed by atoms with Crippen LogP contribution in [0, 0.1) is 0 Å². The highest BCUT2D eigenvalue weighted by Crippen LogP contribution is 2.25. The van der Waals surface area contributed by atoms with Crippen molar-refractivity contribution in [1.29, 1.82) is 0 Å². The Kier molecular flexibility index (Phi) is 3.84. The third-order valence-corrected chi connectivity index (χ3v) is 3.19. The van der Waals surface area contributed by atoms with E-state index in [1.54, 1.807) is 18.2 Å². The van der Waals surface area contributed by atoms with E-state index in [0.29, 0.717) is 18.7 Å². The van der Waals surface area contributed by atoms with Crippen molar-refractivity contribution in [2.24, 2.45) is 0 Å². The first-order valence-corrected chi connectivity index (χ1v) is 6.07. The van der Waals surface area contributed by atoms with E-state index in [0.717, 1.165) is 6.54 Å². The lowest BCUT2D eigenvalue weighted by molar-refractivity contribution is -0.144. The molecule has 0 bridgehead atoms. The van der Waals surface area contributed by atoms with Gasteiger partial charge in [-0.2, -0.15) is 0 Å². The molecule has 2 unspecified atom stereocenters. The maximum absolute atomic E-state index is 11.5. The van der Waals surface area contributed by atoms with E-state index in [1.807, 2.05) is 11.8 Å². The van der Waals surface area contributed by atoms with Gasteiger partial charge in [-0.15, -0.1) is 0 Å². The molecular formula is C13H18N2O3. The van der Waals surface area contributed by atoms with Gasteiger partial charge in [0.25, 0.3) is 0 Å². The maximum atomic E-state index is 11.5. The molecular weight excluding hydrogens is 232 g/mol. The molecule has 5 nitrogen and oxygen atoms in total. The highest BCUT2D eigenvalue weighted by molar-refractivity contribution is 5.75. The highest BCUT2D eigenvalue weighted by Gasteiger charge is 2.30. The van der Waals surface area contributed by atoms with Crippen LogP contribution in [0.5, 0.6) is 5.75 Å². The first kappa shape index (κ1) is 12.9. The number of hydrogen-bond donors (Lipinski definition) is 3. The number of hydrogen-bond acceptors (Lipinski definition) is 4. The summed E-state index contributed by atoms with van der Waals surface area (Å²) in [6.07, 6.45) is 0.